The minimum atomic E-state index is -0.220. The van der Waals surface area contributed by atoms with Gasteiger partial charge in [0.15, 0.2) is 16.5 Å². The van der Waals surface area contributed by atoms with Crippen LogP contribution in [0.5, 0.6) is 11.5 Å². The number of ether oxygens (including phenoxy) is 2. The molecule has 1 N–H and O–H groups in total. The van der Waals surface area contributed by atoms with Gasteiger partial charge in [0.25, 0.3) is 5.91 Å². The fraction of sp³-hybridized carbons (Fsp3) is 0.176. The molecule has 0 atom stereocenters. The van der Waals surface area contributed by atoms with Gasteiger partial charge in [0.05, 0.1) is 24.4 Å². The normalized spacial score (nSPS) is 10.6. The predicted octanol–water partition coefficient (Wildman–Crippen LogP) is 3.90. The van der Waals surface area contributed by atoms with Crippen LogP contribution in [0.1, 0.15) is 15.4 Å². The van der Waals surface area contributed by atoms with Crippen molar-refractivity contribution in [2.24, 2.45) is 0 Å². The van der Waals surface area contributed by atoms with Crippen molar-refractivity contribution in [2.45, 2.75) is 6.54 Å². The third-order valence-corrected chi connectivity index (χ3v) is 4.70. The lowest BCUT2D eigenvalue weighted by Gasteiger charge is -2.09. The van der Waals surface area contributed by atoms with Crippen molar-refractivity contribution < 1.29 is 14.3 Å². The molecule has 124 valence electrons. The van der Waals surface area contributed by atoms with E-state index in [1.54, 1.807) is 38.5 Å². The van der Waals surface area contributed by atoms with Crippen molar-refractivity contribution in [1.82, 2.24) is 10.3 Å². The molecule has 0 fully saturated rings. The molecule has 5 nitrogen and oxygen atoms in total. The third-order valence-electron chi connectivity index (χ3n) is 3.45. The molecule has 0 radical (unpaired) electrons. The average molecular weight is 363 g/mol. The van der Waals surface area contributed by atoms with Crippen molar-refractivity contribution in [2.75, 3.05) is 14.2 Å². The number of benzene rings is 2. The van der Waals surface area contributed by atoms with E-state index < -0.39 is 0 Å². The highest BCUT2D eigenvalue weighted by Gasteiger charge is 2.13. The van der Waals surface area contributed by atoms with Crippen LogP contribution in [0.15, 0.2) is 36.4 Å². The summed E-state index contributed by atoms with van der Waals surface area (Å²) in [7, 11) is 3.16. The van der Waals surface area contributed by atoms with E-state index in [-0.39, 0.29) is 5.91 Å². The fourth-order valence-corrected chi connectivity index (χ4v) is 3.40. The summed E-state index contributed by atoms with van der Waals surface area (Å²) in [5.74, 6) is 1.05. The van der Waals surface area contributed by atoms with Crippen LogP contribution < -0.4 is 14.8 Å². The molecule has 0 unspecified atom stereocenters. The number of methoxy groups -OCH3 is 2. The molecule has 0 saturated carbocycles. The van der Waals surface area contributed by atoms with Crippen LogP contribution in [-0.2, 0) is 6.54 Å². The smallest absolute Gasteiger partial charge is 0.280 e. The summed E-state index contributed by atoms with van der Waals surface area (Å²) >= 11 is 7.27. The standard InChI is InChI=1S/C17H15ClN2O3S/c1-22-13-6-3-10(7-14(13)23-2)9-19-16(21)17-20-12-5-4-11(18)8-15(12)24-17/h3-8H,9H2,1-2H3,(H,19,21). The van der Waals surface area contributed by atoms with E-state index in [1.807, 2.05) is 12.1 Å². The highest BCUT2D eigenvalue weighted by molar-refractivity contribution is 7.20. The molecular formula is C17H15ClN2O3S. The van der Waals surface area contributed by atoms with Gasteiger partial charge < -0.3 is 14.8 Å². The van der Waals surface area contributed by atoms with Crippen LogP contribution >= 0.6 is 22.9 Å². The summed E-state index contributed by atoms with van der Waals surface area (Å²) in [6.45, 7) is 0.371. The maximum Gasteiger partial charge on any atom is 0.280 e. The number of nitrogens with zero attached hydrogens (tertiary/aromatic N) is 1. The number of halogens is 1. The number of hydrogen-bond acceptors (Lipinski definition) is 5. The molecule has 0 aliphatic rings. The van der Waals surface area contributed by atoms with Crippen molar-refractivity contribution in [1.29, 1.82) is 0 Å². The van der Waals surface area contributed by atoms with Crippen LogP contribution in [0.2, 0.25) is 5.02 Å². The van der Waals surface area contributed by atoms with Crippen molar-refractivity contribution in [3.63, 3.8) is 0 Å². The van der Waals surface area contributed by atoms with Gasteiger partial charge in [-0.25, -0.2) is 4.98 Å². The van der Waals surface area contributed by atoms with Gasteiger partial charge in [-0.1, -0.05) is 17.7 Å². The van der Waals surface area contributed by atoms with E-state index in [0.29, 0.717) is 28.1 Å². The Bertz CT molecular complexity index is 895. The van der Waals surface area contributed by atoms with Crippen LogP contribution in [0.3, 0.4) is 0 Å². The highest BCUT2D eigenvalue weighted by Crippen LogP contribution is 2.28. The molecule has 7 heteroatoms. The van der Waals surface area contributed by atoms with Crippen molar-refractivity contribution in [3.05, 3.63) is 52.0 Å². The topological polar surface area (TPSA) is 60.5 Å². The molecule has 0 saturated heterocycles. The van der Waals surface area contributed by atoms with Gasteiger partial charge in [-0.15, -0.1) is 11.3 Å². The number of amides is 1. The lowest BCUT2D eigenvalue weighted by Crippen LogP contribution is -2.22. The quantitative estimate of drug-likeness (QED) is 0.747. The monoisotopic (exact) mass is 362 g/mol. The number of carbonyl (C=O) groups is 1. The predicted molar refractivity (Wildman–Crippen MR) is 95.3 cm³/mol. The molecular weight excluding hydrogens is 348 g/mol. The minimum Gasteiger partial charge on any atom is -0.493 e. The summed E-state index contributed by atoms with van der Waals surface area (Å²) in [5.41, 5.74) is 1.67. The summed E-state index contributed by atoms with van der Waals surface area (Å²) in [6, 6.07) is 10.9. The molecule has 3 aromatic rings. The lowest BCUT2D eigenvalue weighted by molar-refractivity contribution is 0.0950. The Morgan fingerprint density at radius 3 is 2.71 bits per heavy atom. The summed E-state index contributed by atoms with van der Waals surface area (Å²) in [6.07, 6.45) is 0. The van der Waals surface area contributed by atoms with Crippen molar-refractivity contribution >= 4 is 39.1 Å². The Morgan fingerprint density at radius 1 is 1.17 bits per heavy atom. The van der Waals surface area contributed by atoms with Gasteiger partial charge in [-0.05, 0) is 35.9 Å². The van der Waals surface area contributed by atoms with Gasteiger partial charge in [0.2, 0.25) is 0 Å². The van der Waals surface area contributed by atoms with Gasteiger partial charge >= 0.3 is 0 Å². The van der Waals surface area contributed by atoms with Gasteiger partial charge in [0.1, 0.15) is 0 Å². The number of aromatic nitrogens is 1. The number of carbonyl (C=O) groups excluding carboxylic acids is 1. The maximum absolute atomic E-state index is 12.3. The number of nitrogens with one attached hydrogen (secondary N) is 1. The third kappa shape index (κ3) is 3.44. The van der Waals surface area contributed by atoms with E-state index >= 15 is 0 Å². The summed E-state index contributed by atoms with van der Waals surface area (Å²) in [5, 5.41) is 3.90. The number of hydrogen-bond donors (Lipinski definition) is 1. The molecule has 0 aliphatic heterocycles. The molecule has 24 heavy (non-hydrogen) atoms. The SMILES string of the molecule is COc1ccc(CNC(=O)c2nc3ccc(Cl)cc3s2)cc1OC. The van der Waals surface area contributed by atoms with E-state index in [9.17, 15) is 4.79 Å². The second-order valence-electron chi connectivity index (χ2n) is 5.00. The Morgan fingerprint density at radius 2 is 1.96 bits per heavy atom. The molecule has 3 rings (SSSR count). The second kappa shape index (κ2) is 7.07. The zero-order valence-corrected chi connectivity index (χ0v) is 14.7. The fourth-order valence-electron chi connectivity index (χ4n) is 2.24. The number of thiazole rings is 1. The van der Waals surface area contributed by atoms with Gasteiger partial charge in [0, 0.05) is 11.6 Å². The molecule has 0 bridgehead atoms. The van der Waals surface area contributed by atoms with Crippen molar-refractivity contribution in [3.8, 4) is 11.5 Å². The zero-order chi connectivity index (χ0) is 17.1. The minimum absolute atomic E-state index is 0.220. The van der Waals surface area contributed by atoms with Gasteiger partial charge in [-0.3, -0.25) is 4.79 Å². The summed E-state index contributed by atoms with van der Waals surface area (Å²) < 4.78 is 11.3. The van der Waals surface area contributed by atoms with Crippen LogP contribution in [0.25, 0.3) is 10.2 Å². The van der Waals surface area contributed by atoms with Crippen LogP contribution in [-0.4, -0.2) is 25.1 Å². The molecule has 0 spiro atoms. The second-order valence-corrected chi connectivity index (χ2v) is 6.47. The largest absolute Gasteiger partial charge is 0.493 e. The van der Waals surface area contributed by atoms with Crippen LogP contribution in [0, 0.1) is 0 Å². The molecule has 1 amide bonds. The van der Waals surface area contributed by atoms with Crippen LogP contribution in [0.4, 0.5) is 0 Å². The molecule has 0 aliphatic carbocycles. The number of fused-ring (bicyclic) bond motifs is 1. The summed E-state index contributed by atoms with van der Waals surface area (Å²) in [4.78, 5) is 16.6. The molecule has 1 heterocycles. The maximum atomic E-state index is 12.3. The van der Waals surface area contributed by atoms with E-state index in [2.05, 4.69) is 10.3 Å². The van der Waals surface area contributed by atoms with E-state index in [1.165, 1.54) is 11.3 Å². The highest BCUT2D eigenvalue weighted by atomic mass is 35.5. The number of rotatable bonds is 5. The first-order chi connectivity index (χ1) is 11.6. The first-order valence-corrected chi connectivity index (χ1v) is 8.35. The zero-order valence-electron chi connectivity index (χ0n) is 13.1. The Kier molecular flexibility index (Phi) is 4.87. The Labute approximate surface area is 148 Å². The lowest BCUT2D eigenvalue weighted by atomic mass is 10.2. The Hall–Kier alpha value is -2.31. The first-order valence-electron chi connectivity index (χ1n) is 7.16. The first kappa shape index (κ1) is 16.5. The average Bonchev–Trinajstić information content (AvgIpc) is 3.02. The molecule has 2 aromatic carbocycles. The Balaban J connectivity index is 1.72. The van der Waals surface area contributed by atoms with E-state index in [0.717, 1.165) is 15.8 Å². The van der Waals surface area contributed by atoms with Gasteiger partial charge in [-0.2, -0.15) is 0 Å². The molecule has 1 aromatic heterocycles. The van der Waals surface area contributed by atoms with E-state index in [4.69, 9.17) is 21.1 Å².